The minimum atomic E-state index is -4.58. The number of likely N-dealkylation sites (N-methyl/N-ethyl adjacent to an activating group) is 1. The summed E-state index contributed by atoms with van der Waals surface area (Å²) in [7, 11) is 1.06. The first-order valence-electron chi connectivity index (χ1n) is 5.50. The summed E-state index contributed by atoms with van der Waals surface area (Å²) in [5, 5.41) is 1.55. The summed E-state index contributed by atoms with van der Waals surface area (Å²) in [6.45, 7) is -2.29. The average Bonchev–Trinajstić information content (AvgIpc) is 2.38. The van der Waals surface area contributed by atoms with E-state index in [-0.39, 0.29) is 0 Å². The van der Waals surface area contributed by atoms with Crippen molar-refractivity contribution in [2.45, 2.75) is 6.18 Å². The van der Waals surface area contributed by atoms with Crippen molar-refractivity contribution in [1.29, 1.82) is 0 Å². The summed E-state index contributed by atoms with van der Waals surface area (Å²) in [6, 6.07) is 0.894. The van der Waals surface area contributed by atoms with Gasteiger partial charge in [-0.2, -0.15) is 17.6 Å². The summed E-state index contributed by atoms with van der Waals surface area (Å²) >= 11 is 0. The smallest absolute Gasteiger partial charge is 0.345 e. The molecule has 0 bridgehead atoms. The van der Waals surface area contributed by atoms with Crippen LogP contribution in [-0.4, -0.2) is 48.0 Å². The molecule has 0 atom stereocenters. The zero-order chi connectivity index (χ0) is 16.2. The van der Waals surface area contributed by atoms with Crippen molar-refractivity contribution in [3.05, 3.63) is 29.6 Å². The molecule has 0 fully saturated rings. The lowest BCUT2D eigenvalue weighted by Gasteiger charge is -2.17. The summed E-state index contributed by atoms with van der Waals surface area (Å²) < 4.78 is 61.8. The molecule has 0 aliphatic rings. The monoisotopic (exact) mass is 311 g/mol. The van der Waals surface area contributed by atoms with Gasteiger partial charge in [-0.05, 0) is 6.07 Å². The standard InChI is InChI=1S/C11H10F5N3O2/c1-19(4-7(20)18-5-11(14,15)16)10(21)6-2-3-17-9(13)8(6)12/h2-3H,4-5H2,1H3,(H,18,20). The third-order valence-corrected chi connectivity index (χ3v) is 2.29. The van der Waals surface area contributed by atoms with Crippen molar-refractivity contribution in [1.82, 2.24) is 15.2 Å². The fourth-order valence-corrected chi connectivity index (χ4v) is 1.33. The molecule has 0 radical (unpaired) electrons. The number of nitrogens with one attached hydrogen (secondary N) is 1. The van der Waals surface area contributed by atoms with Crippen molar-refractivity contribution in [2.24, 2.45) is 0 Å². The second-order valence-corrected chi connectivity index (χ2v) is 4.02. The molecule has 2 amide bonds. The zero-order valence-electron chi connectivity index (χ0n) is 10.7. The third-order valence-electron chi connectivity index (χ3n) is 2.29. The van der Waals surface area contributed by atoms with E-state index in [1.165, 1.54) is 0 Å². The molecule has 1 rings (SSSR count). The molecular weight excluding hydrogens is 301 g/mol. The Balaban J connectivity index is 2.67. The predicted octanol–water partition coefficient (Wildman–Crippen LogP) is 1.11. The Hall–Kier alpha value is -2.26. The fraction of sp³-hybridized carbons (Fsp3) is 0.364. The summed E-state index contributed by atoms with van der Waals surface area (Å²) in [4.78, 5) is 26.6. The van der Waals surface area contributed by atoms with E-state index in [9.17, 15) is 31.5 Å². The van der Waals surface area contributed by atoms with E-state index in [4.69, 9.17) is 0 Å². The van der Waals surface area contributed by atoms with Gasteiger partial charge in [-0.15, -0.1) is 0 Å². The van der Waals surface area contributed by atoms with Crippen molar-refractivity contribution in [3.63, 3.8) is 0 Å². The molecule has 5 nitrogen and oxygen atoms in total. The zero-order valence-corrected chi connectivity index (χ0v) is 10.7. The van der Waals surface area contributed by atoms with Gasteiger partial charge < -0.3 is 10.2 Å². The van der Waals surface area contributed by atoms with Crippen molar-refractivity contribution in [3.8, 4) is 0 Å². The molecule has 0 aliphatic heterocycles. The molecular formula is C11H10F5N3O2. The summed E-state index contributed by atoms with van der Waals surface area (Å²) in [5.41, 5.74) is -0.673. The predicted molar refractivity (Wildman–Crippen MR) is 60.2 cm³/mol. The minimum absolute atomic E-state index is 0.656. The van der Waals surface area contributed by atoms with Crippen molar-refractivity contribution in [2.75, 3.05) is 20.1 Å². The van der Waals surface area contributed by atoms with E-state index in [1.807, 2.05) is 0 Å². The molecule has 0 aromatic carbocycles. The fourth-order valence-electron chi connectivity index (χ4n) is 1.33. The van der Waals surface area contributed by atoms with Gasteiger partial charge in [-0.25, -0.2) is 9.37 Å². The van der Waals surface area contributed by atoms with Crippen LogP contribution in [-0.2, 0) is 4.79 Å². The molecule has 21 heavy (non-hydrogen) atoms. The first-order chi connectivity index (χ1) is 9.61. The van der Waals surface area contributed by atoms with Crippen LogP contribution < -0.4 is 5.32 Å². The molecule has 1 N–H and O–H groups in total. The molecule has 10 heteroatoms. The second kappa shape index (κ2) is 6.46. The van der Waals surface area contributed by atoms with Gasteiger partial charge >= 0.3 is 6.18 Å². The van der Waals surface area contributed by atoms with E-state index in [0.29, 0.717) is 4.90 Å². The van der Waals surface area contributed by atoms with Crippen LogP contribution in [0.1, 0.15) is 10.4 Å². The molecule has 0 saturated carbocycles. The van der Waals surface area contributed by atoms with Crippen LogP contribution in [0.5, 0.6) is 0 Å². The SMILES string of the molecule is CN(CC(=O)NCC(F)(F)F)C(=O)c1ccnc(F)c1F. The van der Waals surface area contributed by atoms with Gasteiger partial charge in [0.2, 0.25) is 11.9 Å². The summed E-state index contributed by atoms with van der Waals surface area (Å²) in [5.74, 6) is -5.13. The van der Waals surface area contributed by atoms with Gasteiger partial charge in [0.1, 0.15) is 6.54 Å². The maximum absolute atomic E-state index is 13.3. The van der Waals surface area contributed by atoms with Gasteiger partial charge in [-0.3, -0.25) is 9.59 Å². The van der Waals surface area contributed by atoms with E-state index >= 15 is 0 Å². The third kappa shape index (κ3) is 4.97. The van der Waals surface area contributed by atoms with Crippen LogP contribution in [0.25, 0.3) is 0 Å². The molecule has 116 valence electrons. The largest absolute Gasteiger partial charge is 0.405 e. The van der Waals surface area contributed by atoms with Gasteiger partial charge in [0.25, 0.3) is 5.91 Å². The van der Waals surface area contributed by atoms with Crippen LogP contribution in [0.2, 0.25) is 0 Å². The van der Waals surface area contributed by atoms with Crippen LogP contribution in [0.15, 0.2) is 12.3 Å². The highest BCUT2D eigenvalue weighted by Crippen LogP contribution is 2.13. The van der Waals surface area contributed by atoms with Gasteiger partial charge in [-0.1, -0.05) is 0 Å². The maximum Gasteiger partial charge on any atom is 0.405 e. The Kier molecular flexibility index (Phi) is 5.17. The van der Waals surface area contributed by atoms with E-state index < -0.39 is 48.4 Å². The maximum atomic E-state index is 13.3. The summed E-state index contributed by atoms with van der Waals surface area (Å²) in [6.07, 6.45) is -3.73. The van der Waals surface area contributed by atoms with Crippen LogP contribution in [0.4, 0.5) is 22.0 Å². The van der Waals surface area contributed by atoms with Gasteiger partial charge in [0, 0.05) is 13.2 Å². The Morgan fingerprint density at radius 2 is 1.95 bits per heavy atom. The number of alkyl halides is 3. The molecule has 1 aromatic heterocycles. The molecule has 1 heterocycles. The molecule has 0 unspecified atom stereocenters. The number of hydrogen-bond donors (Lipinski definition) is 1. The van der Waals surface area contributed by atoms with Crippen LogP contribution in [0.3, 0.4) is 0 Å². The number of halogens is 5. The Morgan fingerprint density at radius 3 is 2.52 bits per heavy atom. The number of rotatable bonds is 4. The number of hydrogen-bond acceptors (Lipinski definition) is 3. The molecule has 0 spiro atoms. The second-order valence-electron chi connectivity index (χ2n) is 4.02. The highest BCUT2D eigenvalue weighted by molar-refractivity contribution is 5.96. The number of pyridine rings is 1. The first kappa shape index (κ1) is 16.8. The van der Waals surface area contributed by atoms with Gasteiger partial charge in [0.05, 0.1) is 12.1 Å². The molecule has 1 aromatic rings. The number of aromatic nitrogens is 1. The lowest BCUT2D eigenvalue weighted by Crippen LogP contribution is -2.42. The number of amides is 2. The topological polar surface area (TPSA) is 62.3 Å². The normalized spacial score (nSPS) is 11.1. The van der Waals surface area contributed by atoms with Gasteiger partial charge in [0.15, 0.2) is 5.82 Å². The van der Waals surface area contributed by atoms with Crippen molar-refractivity contribution >= 4 is 11.8 Å². The van der Waals surface area contributed by atoms with Crippen molar-refractivity contribution < 1.29 is 31.5 Å². The van der Waals surface area contributed by atoms with Crippen LogP contribution >= 0.6 is 0 Å². The molecule has 0 aliphatic carbocycles. The average molecular weight is 311 g/mol. The highest BCUT2D eigenvalue weighted by atomic mass is 19.4. The number of carbonyl (C=O) groups is 2. The quantitative estimate of drug-likeness (QED) is 0.669. The highest BCUT2D eigenvalue weighted by Gasteiger charge is 2.28. The lowest BCUT2D eigenvalue weighted by molar-refractivity contribution is -0.138. The molecule has 0 saturated heterocycles. The number of nitrogens with zero attached hydrogens (tertiary/aromatic N) is 2. The first-order valence-corrected chi connectivity index (χ1v) is 5.50. The lowest BCUT2D eigenvalue weighted by atomic mass is 10.2. The Labute approximate surface area is 115 Å². The number of carbonyl (C=O) groups excluding carboxylic acids is 2. The minimum Gasteiger partial charge on any atom is -0.345 e. The Bertz CT molecular complexity index is 547. The van der Waals surface area contributed by atoms with Crippen LogP contribution in [0, 0.1) is 11.8 Å². The van der Waals surface area contributed by atoms with E-state index in [2.05, 4.69) is 4.98 Å². The van der Waals surface area contributed by atoms with E-state index in [0.717, 1.165) is 19.3 Å². The Morgan fingerprint density at radius 1 is 1.33 bits per heavy atom. The van der Waals surface area contributed by atoms with E-state index in [1.54, 1.807) is 5.32 Å².